The lowest BCUT2D eigenvalue weighted by Gasteiger charge is -2.31. The van der Waals surface area contributed by atoms with E-state index in [1.807, 2.05) is 12.1 Å². The van der Waals surface area contributed by atoms with Crippen LogP contribution < -0.4 is 9.64 Å². The highest BCUT2D eigenvalue weighted by molar-refractivity contribution is 6.30. The molecule has 132 valence electrons. The Morgan fingerprint density at radius 3 is 2.88 bits per heavy atom. The van der Waals surface area contributed by atoms with Gasteiger partial charge in [-0.1, -0.05) is 28.9 Å². The van der Waals surface area contributed by atoms with Gasteiger partial charge in [-0.2, -0.15) is 4.98 Å². The summed E-state index contributed by atoms with van der Waals surface area (Å²) in [5, 5.41) is 3.87. The van der Waals surface area contributed by atoms with Gasteiger partial charge in [-0.25, -0.2) is 4.39 Å². The summed E-state index contributed by atoms with van der Waals surface area (Å²) in [6, 6.07) is 11.5. The molecule has 0 fully saturated rings. The maximum atomic E-state index is 13.6. The van der Waals surface area contributed by atoms with Gasteiger partial charge >= 0.3 is 0 Å². The number of nitrogens with zero attached hydrogens (tertiary/aromatic N) is 3. The number of hydrogen-bond donors (Lipinski definition) is 0. The van der Waals surface area contributed by atoms with Gasteiger partial charge in [0.2, 0.25) is 11.7 Å². The van der Waals surface area contributed by atoms with Crippen molar-refractivity contribution in [2.24, 2.45) is 0 Å². The van der Waals surface area contributed by atoms with Crippen molar-refractivity contribution in [1.82, 2.24) is 10.1 Å². The quantitative estimate of drug-likeness (QED) is 0.697. The average Bonchev–Trinajstić information content (AvgIpc) is 3.10. The van der Waals surface area contributed by atoms with Crippen molar-refractivity contribution in [2.45, 2.75) is 19.6 Å². The molecule has 2 heterocycles. The number of carbonyl (C=O) groups excluding carboxylic acids is 1. The Morgan fingerprint density at radius 2 is 2.08 bits per heavy atom. The molecule has 8 heteroatoms. The molecular formula is C18H13ClFN3O3. The van der Waals surface area contributed by atoms with Crippen molar-refractivity contribution in [1.29, 1.82) is 0 Å². The maximum Gasteiger partial charge on any atom is 0.268 e. The van der Waals surface area contributed by atoms with E-state index >= 15 is 0 Å². The standard InChI is InChI=1S/C18H13ClFN3O3/c1-10-18(24)23(14-4-2-3-5-15(14)25-10)9-16-21-17(22-26-16)11-6-7-12(19)13(20)8-11/h2-8,10H,9H2,1H3/t10-/m0/s1. The summed E-state index contributed by atoms with van der Waals surface area (Å²) in [5.41, 5.74) is 1.07. The Labute approximate surface area is 153 Å². The number of carbonyl (C=O) groups is 1. The molecular weight excluding hydrogens is 361 g/mol. The molecule has 0 bridgehead atoms. The summed E-state index contributed by atoms with van der Waals surface area (Å²) >= 11 is 5.68. The van der Waals surface area contributed by atoms with E-state index in [4.69, 9.17) is 20.9 Å². The number of anilines is 1. The molecule has 6 nitrogen and oxygen atoms in total. The zero-order chi connectivity index (χ0) is 18.3. The fourth-order valence-electron chi connectivity index (χ4n) is 2.73. The Morgan fingerprint density at radius 1 is 1.27 bits per heavy atom. The highest BCUT2D eigenvalue weighted by atomic mass is 35.5. The van der Waals surface area contributed by atoms with Crippen molar-refractivity contribution in [2.75, 3.05) is 4.90 Å². The van der Waals surface area contributed by atoms with Crippen molar-refractivity contribution in [3.63, 3.8) is 0 Å². The topological polar surface area (TPSA) is 68.5 Å². The second-order valence-electron chi connectivity index (χ2n) is 5.79. The molecule has 0 saturated heterocycles. The molecule has 1 amide bonds. The highest BCUT2D eigenvalue weighted by Gasteiger charge is 2.32. The maximum absolute atomic E-state index is 13.6. The average molecular weight is 374 g/mol. The molecule has 0 spiro atoms. The fourth-order valence-corrected chi connectivity index (χ4v) is 2.85. The van der Waals surface area contributed by atoms with E-state index < -0.39 is 11.9 Å². The Balaban J connectivity index is 1.63. The van der Waals surface area contributed by atoms with Crippen LogP contribution in [0.2, 0.25) is 5.02 Å². The van der Waals surface area contributed by atoms with Crippen LogP contribution in [0, 0.1) is 5.82 Å². The third kappa shape index (κ3) is 2.90. The molecule has 1 aliphatic heterocycles. The van der Waals surface area contributed by atoms with Gasteiger partial charge in [-0.3, -0.25) is 9.69 Å². The number of fused-ring (bicyclic) bond motifs is 1. The minimum absolute atomic E-state index is 0.0157. The third-order valence-electron chi connectivity index (χ3n) is 4.01. The van der Waals surface area contributed by atoms with E-state index in [0.717, 1.165) is 0 Å². The molecule has 0 N–H and O–H groups in total. The first-order chi connectivity index (χ1) is 12.5. The smallest absolute Gasteiger partial charge is 0.268 e. The molecule has 1 aromatic heterocycles. The Hall–Kier alpha value is -2.93. The van der Waals surface area contributed by atoms with Crippen LogP contribution in [0.4, 0.5) is 10.1 Å². The summed E-state index contributed by atoms with van der Waals surface area (Å²) in [6.07, 6.45) is -0.613. The summed E-state index contributed by atoms with van der Waals surface area (Å²) < 4.78 is 24.5. The lowest BCUT2D eigenvalue weighted by molar-refractivity contribution is -0.125. The fraction of sp³-hybridized carbons (Fsp3) is 0.167. The molecule has 0 unspecified atom stereocenters. The van der Waals surface area contributed by atoms with Crippen LogP contribution in [0.5, 0.6) is 5.75 Å². The van der Waals surface area contributed by atoms with Crippen LogP contribution in [0.25, 0.3) is 11.4 Å². The Bertz CT molecular complexity index is 991. The van der Waals surface area contributed by atoms with Gasteiger partial charge in [0.15, 0.2) is 6.10 Å². The molecule has 1 aliphatic rings. The zero-order valence-corrected chi connectivity index (χ0v) is 14.4. The molecule has 0 aliphatic carbocycles. The zero-order valence-electron chi connectivity index (χ0n) is 13.6. The summed E-state index contributed by atoms with van der Waals surface area (Å²) in [5.74, 6) is 0.284. The molecule has 1 atom stereocenters. The van der Waals surface area contributed by atoms with Crippen LogP contribution in [0.1, 0.15) is 12.8 Å². The lowest BCUT2D eigenvalue weighted by Crippen LogP contribution is -2.44. The number of halogens is 2. The van der Waals surface area contributed by atoms with Gasteiger partial charge in [0.05, 0.1) is 10.7 Å². The van der Waals surface area contributed by atoms with Gasteiger partial charge in [-0.05, 0) is 37.3 Å². The third-order valence-corrected chi connectivity index (χ3v) is 4.32. The Kier molecular flexibility index (Phi) is 4.08. The molecule has 26 heavy (non-hydrogen) atoms. The van der Waals surface area contributed by atoms with Crippen LogP contribution in [-0.4, -0.2) is 22.2 Å². The van der Waals surface area contributed by atoms with Crippen LogP contribution >= 0.6 is 11.6 Å². The van der Waals surface area contributed by atoms with Gasteiger partial charge in [0.25, 0.3) is 5.91 Å². The number of amides is 1. The highest BCUT2D eigenvalue weighted by Crippen LogP contribution is 2.34. The van der Waals surface area contributed by atoms with Gasteiger partial charge in [0, 0.05) is 5.56 Å². The first-order valence-electron chi connectivity index (χ1n) is 7.88. The summed E-state index contributed by atoms with van der Waals surface area (Å²) in [7, 11) is 0. The number of benzene rings is 2. The van der Waals surface area contributed by atoms with Crippen LogP contribution in [-0.2, 0) is 11.3 Å². The number of rotatable bonds is 3. The lowest BCUT2D eigenvalue weighted by atomic mass is 10.2. The normalized spacial score (nSPS) is 16.3. The number of ether oxygens (including phenoxy) is 1. The van der Waals surface area contributed by atoms with Crippen molar-refractivity contribution < 1.29 is 18.4 Å². The van der Waals surface area contributed by atoms with E-state index in [1.54, 1.807) is 25.1 Å². The summed E-state index contributed by atoms with van der Waals surface area (Å²) in [4.78, 5) is 18.3. The van der Waals surface area contributed by atoms with E-state index in [1.165, 1.54) is 17.0 Å². The first-order valence-corrected chi connectivity index (χ1v) is 8.26. The van der Waals surface area contributed by atoms with Crippen molar-refractivity contribution in [3.05, 3.63) is 59.2 Å². The number of para-hydroxylation sites is 2. The predicted octanol–water partition coefficient (Wildman–Crippen LogP) is 3.84. The van der Waals surface area contributed by atoms with E-state index in [2.05, 4.69) is 10.1 Å². The molecule has 0 radical (unpaired) electrons. The second kappa shape index (κ2) is 6.42. The van der Waals surface area contributed by atoms with Gasteiger partial charge in [0.1, 0.15) is 18.1 Å². The molecule has 0 saturated carbocycles. The second-order valence-corrected chi connectivity index (χ2v) is 6.20. The number of aromatic nitrogens is 2. The van der Waals surface area contributed by atoms with Crippen LogP contribution in [0.3, 0.4) is 0 Å². The van der Waals surface area contributed by atoms with E-state index in [0.29, 0.717) is 17.0 Å². The molecule has 2 aromatic carbocycles. The molecule has 3 aromatic rings. The largest absolute Gasteiger partial charge is 0.479 e. The summed E-state index contributed by atoms with van der Waals surface area (Å²) in [6.45, 7) is 1.77. The van der Waals surface area contributed by atoms with Gasteiger partial charge in [-0.15, -0.1) is 0 Å². The molecule has 4 rings (SSSR count). The first kappa shape index (κ1) is 16.5. The SMILES string of the molecule is C[C@@H]1Oc2ccccc2N(Cc2nc(-c3ccc(Cl)c(F)c3)no2)C1=O. The monoisotopic (exact) mass is 373 g/mol. The van der Waals surface area contributed by atoms with Gasteiger partial charge < -0.3 is 9.26 Å². The minimum Gasteiger partial charge on any atom is -0.479 e. The van der Waals surface area contributed by atoms with E-state index in [9.17, 15) is 9.18 Å². The van der Waals surface area contributed by atoms with Crippen LogP contribution in [0.15, 0.2) is 47.0 Å². The van der Waals surface area contributed by atoms with E-state index in [-0.39, 0.29) is 29.2 Å². The van der Waals surface area contributed by atoms with Crippen molar-refractivity contribution >= 4 is 23.2 Å². The number of hydrogen-bond acceptors (Lipinski definition) is 5. The minimum atomic E-state index is -0.613. The predicted molar refractivity (Wildman–Crippen MR) is 92.4 cm³/mol. The van der Waals surface area contributed by atoms with Crippen molar-refractivity contribution in [3.8, 4) is 17.1 Å².